The molecule has 0 radical (unpaired) electrons. The monoisotopic (exact) mass is 271 g/mol. The number of hydrogen-bond donors (Lipinski definition) is 1. The summed E-state index contributed by atoms with van der Waals surface area (Å²) in [7, 11) is 1.38. The van der Waals surface area contributed by atoms with Gasteiger partial charge in [-0.1, -0.05) is 18.2 Å². The third-order valence-electron chi connectivity index (χ3n) is 2.55. The number of fused-ring (bicyclic) bond motifs is 1. The molecular weight excluding hydrogens is 258 g/mol. The normalized spacial score (nSPS) is 10.3. The highest BCUT2D eigenvalue weighted by Crippen LogP contribution is 2.24. The predicted molar refractivity (Wildman–Crippen MR) is 74.1 cm³/mol. The van der Waals surface area contributed by atoms with E-state index in [2.05, 4.69) is 0 Å². The highest BCUT2D eigenvalue weighted by molar-refractivity contribution is 7.72. The zero-order valence-electron chi connectivity index (χ0n) is 9.58. The molecule has 2 rings (SSSR count). The molecule has 0 unspecified atom stereocenters. The molecule has 2 aromatic rings. The number of anilines is 1. The van der Waals surface area contributed by atoms with Crippen molar-refractivity contribution in [1.82, 2.24) is 0 Å². The predicted octanol–water partition coefficient (Wildman–Crippen LogP) is 2.30. The summed E-state index contributed by atoms with van der Waals surface area (Å²) in [5.41, 5.74) is 1.06. The standard InChI is InChI=1S/C12H13NO2S.ClH/c1-13(2)10-6-7-11-9(8-10)4-3-5-12(11)16(14)15;/h3-8,16H,1-2H3;1H. The van der Waals surface area contributed by atoms with Crippen LogP contribution in [0.1, 0.15) is 0 Å². The zero-order chi connectivity index (χ0) is 11.7. The van der Waals surface area contributed by atoms with Crippen LogP contribution in [0.4, 0.5) is 5.69 Å². The number of benzene rings is 2. The van der Waals surface area contributed by atoms with Gasteiger partial charge in [0.25, 0.3) is 0 Å². The molecule has 17 heavy (non-hydrogen) atoms. The van der Waals surface area contributed by atoms with E-state index in [1.807, 2.05) is 43.3 Å². The van der Waals surface area contributed by atoms with Crippen LogP contribution in [0.5, 0.6) is 0 Å². The molecule has 0 aliphatic carbocycles. The van der Waals surface area contributed by atoms with Gasteiger partial charge in [0, 0.05) is 25.2 Å². The first-order chi connectivity index (χ1) is 7.59. The van der Waals surface area contributed by atoms with Crippen molar-refractivity contribution >= 4 is 39.6 Å². The Morgan fingerprint density at radius 2 is 1.76 bits per heavy atom. The van der Waals surface area contributed by atoms with Crippen LogP contribution in [-0.4, -0.2) is 22.5 Å². The zero-order valence-corrected chi connectivity index (χ0v) is 11.3. The fourth-order valence-electron chi connectivity index (χ4n) is 1.69. The molecule has 0 aliphatic heterocycles. The highest BCUT2D eigenvalue weighted by atomic mass is 35.5. The van der Waals surface area contributed by atoms with E-state index in [-0.39, 0.29) is 12.4 Å². The summed E-state index contributed by atoms with van der Waals surface area (Å²) in [6, 6.07) is 11.1. The maximum Gasteiger partial charge on any atom is 0.168 e. The third-order valence-corrected chi connectivity index (χ3v) is 3.34. The molecule has 0 atom stereocenters. The maximum atomic E-state index is 11.1. The van der Waals surface area contributed by atoms with Gasteiger partial charge in [-0.15, -0.1) is 12.4 Å². The van der Waals surface area contributed by atoms with Crippen molar-refractivity contribution in [2.24, 2.45) is 0 Å². The Kier molecular flexibility index (Phi) is 4.37. The molecule has 0 bridgehead atoms. The Labute approximate surface area is 108 Å². The lowest BCUT2D eigenvalue weighted by Gasteiger charge is -2.13. The second-order valence-corrected chi connectivity index (χ2v) is 4.83. The van der Waals surface area contributed by atoms with Crippen LogP contribution in [0, 0.1) is 0 Å². The van der Waals surface area contributed by atoms with Gasteiger partial charge in [-0.2, -0.15) is 0 Å². The molecule has 92 valence electrons. The van der Waals surface area contributed by atoms with Gasteiger partial charge in [-0.3, -0.25) is 0 Å². The van der Waals surface area contributed by atoms with Gasteiger partial charge in [0.15, 0.2) is 10.7 Å². The van der Waals surface area contributed by atoms with Gasteiger partial charge in [0.1, 0.15) is 0 Å². The van der Waals surface area contributed by atoms with Gasteiger partial charge < -0.3 is 4.90 Å². The second kappa shape index (κ2) is 5.38. The molecule has 3 nitrogen and oxygen atoms in total. The van der Waals surface area contributed by atoms with Crippen LogP contribution in [-0.2, 0) is 10.7 Å². The first-order valence-corrected chi connectivity index (χ1v) is 6.12. The van der Waals surface area contributed by atoms with Crippen molar-refractivity contribution in [1.29, 1.82) is 0 Å². The first kappa shape index (κ1) is 13.8. The summed E-state index contributed by atoms with van der Waals surface area (Å²) in [5.74, 6) is 0. The number of hydrogen-bond acceptors (Lipinski definition) is 3. The van der Waals surface area contributed by atoms with Crippen LogP contribution in [0.15, 0.2) is 41.3 Å². The number of rotatable bonds is 2. The van der Waals surface area contributed by atoms with Crippen LogP contribution in [0.3, 0.4) is 0 Å². The maximum absolute atomic E-state index is 11.1. The van der Waals surface area contributed by atoms with Gasteiger partial charge in [0.2, 0.25) is 0 Å². The summed E-state index contributed by atoms with van der Waals surface area (Å²) in [5, 5.41) is 1.73. The van der Waals surface area contributed by atoms with E-state index in [0.29, 0.717) is 4.90 Å². The molecule has 0 heterocycles. The molecule has 0 aromatic heterocycles. The molecular formula is C12H14ClNO2S. The topological polar surface area (TPSA) is 37.4 Å². The quantitative estimate of drug-likeness (QED) is 0.852. The van der Waals surface area contributed by atoms with Crippen molar-refractivity contribution in [3.05, 3.63) is 36.4 Å². The second-order valence-electron chi connectivity index (χ2n) is 3.83. The van der Waals surface area contributed by atoms with E-state index in [9.17, 15) is 8.42 Å². The number of thiol groups is 1. The molecule has 0 aliphatic rings. The lowest BCUT2D eigenvalue weighted by molar-refractivity contribution is 0.615. The van der Waals surface area contributed by atoms with Crippen LogP contribution >= 0.6 is 12.4 Å². The van der Waals surface area contributed by atoms with E-state index in [0.717, 1.165) is 16.5 Å². The minimum atomic E-state index is -2.53. The molecule has 0 saturated heterocycles. The fraction of sp³-hybridized carbons (Fsp3) is 0.167. The molecule has 2 aromatic carbocycles. The molecule has 0 N–H and O–H groups in total. The summed E-state index contributed by atoms with van der Waals surface area (Å²) >= 11 is 0. The third kappa shape index (κ3) is 2.70. The van der Waals surface area contributed by atoms with E-state index in [1.54, 1.807) is 12.1 Å². The van der Waals surface area contributed by atoms with Crippen LogP contribution in [0.25, 0.3) is 10.8 Å². The first-order valence-electron chi connectivity index (χ1n) is 4.94. The SMILES string of the molecule is CN(C)c1ccc2c([SH](=O)=O)cccc2c1.Cl. The highest BCUT2D eigenvalue weighted by Gasteiger charge is 2.04. The van der Waals surface area contributed by atoms with E-state index < -0.39 is 10.7 Å². The van der Waals surface area contributed by atoms with E-state index in [4.69, 9.17) is 0 Å². The van der Waals surface area contributed by atoms with Crippen molar-refractivity contribution in [3.63, 3.8) is 0 Å². The van der Waals surface area contributed by atoms with E-state index in [1.165, 1.54) is 0 Å². The summed E-state index contributed by atoms with van der Waals surface area (Å²) in [6.45, 7) is 0. The summed E-state index contributed by atoms with van der Waals surface area (Å²) < 4.78 is 22.1. The van der Waals surface area contributed by atoms with Gasteiger partial charge in [-0.05, 0) is 23.6 Å². The Morgan fingerprint density at radius 3 is 2.35 bits per heavy atom. The minimum absolute atomic E-state index is 0. The molecule has 0 saturated carbocycles. The fourth-order valence-corrected chi connectivity index (χ4v) is 2.30. The molecule has 0 fully saturated rings. The lowest BCUT2D eigenvalue weighted by atomic mass is 10.1. The smallest absolute Gasteiger partial charge is 0.168 e. The van der Waals surface area contributed by atoms with Crippen molar-refractivity contribution in [2.45, 2.75) is 4.90 Å². The number of halogens is 1. The van der Waals surface area contributed by atoms with Gasteiger partial charge in [0.05, 0.1) is 4.90 Å². The largest absolute Gasteiger partial charge is 0.378 e. The van der Waals surface area contributed by atoms with Crippen molar-refractivity contribution in [3.8, 4) is 0 Å². The average Bonchev–Trinajstić information content (AvgIpc) is 2.27. The number of nitrogens with zero attached hydrogens (tertiary/aromatic N) is 1. The van der Waals surface area contributed by atoms with Crippen LogP contribution < -0.4 is 4.90 Å². The Balaban J connectivity index is 0.00000144. The van der Waals surface area contributed by atoms with Crippen molar-refractivity contribution in [2.75, 3.05) is 19.0 Å². The lowest BCUT2D eigenvalue weighted by Crippen LogP contribution is -2.08. The average molecular weight is 272 g/mol. The molecule has 5 heteroatoms. The summed E-state index contributed by atoms with van der Waals surface area (Å²) in [6.07, 6.45) is 0. The summed E-state index contributed by atoms with van der Waals surface area (Å²) in [4.78, 5) is 2.38. The van der Waals surface area contributed by atoms with Gasteiger partial charge >= 0.3 is 0 Å². The van der Waals surface area contributed by atoms with Gasteiger partial charge in [-0.25, -0.2) is 8.42 Å². The van der Waals surface area contributed by atoms with Crippen molar-refractivity contribution < 1.29 is 8.42 Å². The molecule has 0 amide bonds. The molecule has 0 spiro atoms. The van der Waals surface area contributed by atoms with E-state index >= 15 is 0 Å². The Bertz CT molecular complexity index is 600. The van der Waals surface area contributed by atoms with Crippen LogP contribution in [0.2, 0.25) is 0 Å². The Hall–Kier alpha value is -1.26. The minimum Gasteiger partial charge on any atom is -0.378 e. The Morgan fingerprint density at radius 1 is 1.06 bits per heavy atom.